The van der Waals surface area contributed by atoms with E-state index in [1.54, 1.807) is 18.0 Å². The number of ether oxygens (including phenoxy) is 1. The van der Waals surface area contributed by atoms with E-state index in [0.29, 0.717) is 38.2 Å². The molecule has 0 saturated carbocycles. The predicted molar refractivity (Wildman–Crippen MR) is 73.1 cm³/mol. The number of carbonyl (C=O) groups is 1. The second-order valence-electron chi connectivity index (χ2n) is 5.37. The fourth-order valence-electron chi connectivity index (χ4n) is 2.42. The summed E-state index contributed by atoms with van der Waals surface area (Å²) < 4.78 is 5.24. The number of benzene rings is 1. The van der Waals surface area contributed by atoms with Crippen LogP contribution in [0.3, 0.4) is 0 Å². The molecule has 1 amide bonds. The molecule has 1 aromatic rings. The summed E-state index contributed by atoms with van der Waals surface area (Å²) in [5, 5.41) is 10.4. The summed E-state index contributed by atoms with van der Waals surface area (Å²) in [6.07, 6.45) is 1.16. The van der Waals surface area contributed by atoms with Gasteiger partial charge < -0.3 is 14.7 Å². The largest absolute Gasteiger partial charge is 0.388 e. The molecule has 104 valence electrons. The molecular formula is C15H21NO3. The van der Waals surface area contributed by atoms with Crippen LogP contribution < -0.4 is 0 Å². The quantitative estimate of drug-likeness (QED) is 0.901. The summed E-state index contributed by atoms with van der Waals surface area (Å²) in [6.45, 7) is 3.43. The van der Waals surface area contributed by atoms with Crippen molar-refractivity contribution in [2.75, 3.05) is 26.8 Å². The van der Waals surface area contributed by atoms with Crippen molar-refractivity contribution in [3.8, 4) is 0 Å². The smallest absolute Gasteiger partial charge is 0.253 e. The lowest BCUT2D eigenvalue weighted by atomic mass is 9.93. The maximum atomic E-state index is 12.3. The highest BCUT2D eigenvalue weighted by Gasteiger charge is 2.32. The number of amides is 1. The average molecular weight is 263 g/mol. The lowest BCUT2D eigenvalue weighted by Crippen LogP contribution is -2.47. The monoisotopic (exact) mass is 263 g/mol. The van der Waals surface area contributed by atoms with Crippen LogP contribution in [0.5, 0.6) is 0 Å². The third-order valence-corrected chi connectivity index (χ3v) is 3.57. The molecule has 0 bridgehead atoms. The van der Waals surface area contributed by atoms with E-state index in [0.717, 1.165) is 5.56 Å². The number of likely N-dealkylation sites (N-methyl/N-ethyl adjacent to an activating group) is 1. The SMILES string of the molecule is Cc1cccc(C(=O)N(C)CC2(O)CCOCC2)c1. The minimum absolute atomic E-state index is 0.0522. The molecule has 1 N–H and O–H groups in total. The average Bonchev–Trinajstić information content (AvgIpc) is 2.38. The first-order chi connectivity index (χ1) is 9.00. The summed E-state index contributed by atoms with van der Waals surface area (Å²) in [5.74, 6) is -0.0522. The van der Waals surface area contributed by atoms with Gasteiger partial charge in [-0.3, -0.25) is 4.79 Å². The lowest BCUT2D eigenvalue weighted by molar-refractivity contribution is -0.0734. The van der Waals surface area contributed by atoms with Crippen molar-refractivity contribution < 1.29 is 14.6 Å². The van der Waals surface area contributed by atoms with Gasteiger partial charge in [0.2, 0.25) is 0 Å². The van der Waals surface area contributed by atoms with Gasteiger partial charge >= 0.3 is 0 Å². The fraction of sp³-hybridized carbons (Fsp3) is 0.533. The van der Waals surface area contributed by atoms with Gasteiger partial charge in [-0.05, 0) is 19.1 Å². The Bertz CT molecular complexity index is 452. The molecule has 4 nitrogen and oxygen atoms in total. The zero-order valence-electron chi connectivity index (χ0n) is 11.6. The Labute approximate surface area is 114 Å². The van der Waals surface area contributed by atoms with Gasteiger partial charge in [0.15, 0.2) is 0 Å². The Morgan fingerprint density at radius 2 is 2.11 bits per heavy atom. The van der Waals surface area contributed by atoms with Gasteiger partial charge in [0.25, 0.3) is 5.91 Å². The van der Waals surface area contributed by atoms with Crippen LogP contribution in [0.15, 0.2) is 24.3 Å². The molecule has 2 rings (SSSR count). The van der Waals surface area contributed by atoms with Gasteiger partial charge in [0, 0.05) is 45.2 Å². The summed E-state index contributed by atoms with van der Waals surface area (Å²) in [7, 11) is 1.73. The number of carbonyl (C=O) groups excluding carboxylic acids is 1. The molecule has 0 atom stereocenters. The first-order valence-electron chi connectivity index (χ1n) is 6.62. The second-order valence-corrected chi connectivity index (χ2v) is 5.37. The van der Waals surface area contributed by atoms with Crippen molar-refractivity contribution in [2.45, 2.75) is 25.4 Å². The molecule has 0 unspecified atom stereocenters. The molecule has 0 radical (unpaired) electrons. The number of aliphatic hydroxyl groups is 1. The van der Waals surface area contributed by atoms with E-state index in [4.69, 9.17) is 4.74 Å². The normalized spacial score (nSPS) is 18.1. The van der Waals surface area contributed by atoms with E-state index in [1.165, 1.54) is 0 Å². The lowest BCUT2D eigenvalue weighted by Gasteiger charge is -2.35. The number of nitrogens with zero attached hydrogens (tertiary/aromatic N) is 1. The van der Waals surface area contributed by atoms with Gasteiger partial charge in [-0.25, -0.2) is 0 Å². The van der Waals surface area contributed by atoms with Crippen molar-refractivity contribution in [3.05, 3.63) is 35.4 Å². The topological polar surface area (TPSA) is 49.8 Å². The highest BCUT2D eigenvalue weighted by atomic mass is 16.5. The first kappa shape index (κ1) is 14.0. The van der Waals surface area contributed by atoms with E-state index in [-0.39, 0.29) is 5.91 Å². The summed E-state index contributed by atoms with van der Waals surface area (Å²) in [5.41, 5.74) is 0.911. The number of aryl methyl sites for hydroxylation is 1. The zero-order chi connectivity index (χ0) is 13.9. The zero-order valence-corrected chi connectivity index (χ0v) is 11.6. The van der Waals surface area contributed by atoms with Gasteiger partial charge in [-0.15, -0.1) is 0 Å². The summed E-state index contributed by atoms with van der Waals surface area (Å²) >= 11 is 0. The van der Waals surface area contributed by atoms with Crippen molar-refractivity contribution in [2.24, 2.45) is 0 Å². The highest BCUT2D eigenvalue weighted by Crippen LogP contribution is 2.22. The summed E-state index contributed by atoms with van der Waals surface area (Å²) in [6, 6.07) is 7.51. The fourth-order valence-corrected chi connectivity index (χ4v) is 2.42. The van der Waals surface area contributed by atoms with Crippen LogP contribution in [-0.2, 0) is 4.74 Å². The third kappa shape index (κ3) is 3.55. The van der Waals surface area contributed by atoms with Crippen LogP contribution in [0.4, 0.5) is 0 Å². The molecule has 1 aromatic carbocycles. The Morgan fingerprint density at radius 1 is 1.42 bits per heavy atom. The second kappa shape index (κ2) is 5.72. The van der Waals surface area contributed by atoms with Gasteiger partial charge in [0.05, 0.1) is 5.60 Å². The highest BCUT2D eigenvalue weighted by molar-refractivity contribution is 5.94. The van der Waals surface area contributed by atoms with Gasteiger partial charge in [-0.1, -0.05) is 17.7 Å². The molecule has 0 aliphatic carbocycles. The van der Waals surface area contributed by atoms with Crippen molar-refractivity contribution in [1.29, 1.82) is 0 Å². The van der Waals surface area contributed by atoms with Crippen molar-refractivity contribution in [3.63, 3.8) is 0 Å². The van der Waals surface area contributed by atoms with Crippen LogP contribution in [0, 0.1) is 6.92 Å². The standard InChI is InChI=1S/C15H21NO3/c1-12-4-3-5-13(10-12)14(17)16(2)11-15(18)6-8-19-9-7-15/h3-5,10,18H,6-9,11H2,1-2H3. The molecule has 1 fully saturated rings. The van der Waals surface area contributed by atoms with Crippen LogP contribution in [0.25, 0.3) is 0 Å². The number of hydrogen-bond donors (Lipinski definition) is 1. The van der Waals surface area contributed by atoms with Crippen molar-refractivity contribution >= 4 is 5.91 Å². The van der Waals surface area contributed by atoms with E-state index in [9.17, 15) is 9.90 Å². The van der Waals surface area contributed by atoms with Gasteiger partial charge in [-0.2, -0.15) is 0 Å². The molecule has 19 heavy (non-hydrogen) atoms. The molecule has 0 aromatic heterocycles. The first-order valence-corrected chi connectivity index (χ1v) is 6.62. The van der Waals surface area contributed by atoms with E-state index in [1.807, 2.05) is 25.1 Å². The molecule has 1 aliphatic rings. The molecule has 0 spiro atoms. The minimum Gasteiger partial charge on any atom is -0.388 e. The van der Waals surface area contributed by atoms with Crippen LogP contribution in [0.2, 0.25) is 0 Å². The molecule has 4 heteroatoms. The van der Waals surface area contributed by atoms with Crippen LogP contribution in [-0.4, -0.2) is 48.3 Å². The Balaban J connectivity index is 2.03. The van der Waals surface area contributed by atoms with E-state index < -0.39 is 5.60 Å². The van der Waals surface area contributed by atoms with Crippen molar-refractivity contribution in [1.82, 2.24) is 4.90 Å². The Kier molecular flexibility index (Phi) is 4.22. The third-order valence-electron chi connectivity index (χ3n) is 3.57. The number of hydrogen-bond acceptors (Lipinski definition) is 3. The van der Waals surface area contributed by atoms with E-state index in [2.05, 4.69) is 0 Å². The molecule has 1 saturated heterocycles. The Morgan fingerprint density at radius 3 is 2.74 bits per heavy atom. The predicted octanol–water partition coefficient (Wildman–Crippen LogP) is 1.61. The molecule has 1 heterocycles. The minimum atomic E-state index is -0.813. The molecular weight excluding hydrogens is 242 g/mol. The maximum absolute atomic E-state index is 12.3. The number of rotatable bonds is 3. The Hall–Kier alpha value is -1.39. The van der Waals surface area contributed by atoms with E-state index >= 15 is 0 Å². The summed E-state index contributed by atoms with van der Waals surface area (Å²) in [4.78, 5) is 13.9. The van der Waals surface area contributed by atoms with Crippen LogP contribution >= 0.6 is 0 Å². The van der Waals surface area contributed by atoms with Crippen LogP contribution in [0.1, 0.15) is 28.8 Å². The maximum Gasteiger partial charge on any atom is 0.253 e. The molecule has 1 aliphatic heterocycles. The van der Waals surface area contributed by atoms with Gasteiger partial charge in [0.1, 0.15) is 0 Å².